The average molecular weight is 501 g/mol. The van der Waals surface area contributed by atoms with Gasteiger partial charge in [-0.3, -0.25) is 0 Å². The number of nitrogens with zero attached hydrogens (tertiary/aromatic N) is 4. The van der Waals surface area contributed by atoms with Gasteiger partial charge in [0.05, 0.1) is 19.8 Å². The van der Waals surface area contributed by atoms with Crippen LogP contribution in [0.3, 0.4) is 0 Å². The van der Waals surface area contributed by atoms with Crippen molar-refractivity contribution in [2.45, 2.75) is 39.2 Å². The summed E-state index contributed by atoms with van der Waals surface area (Å²) in [5, 5.41) is 3.41. The molecule has 0 aliphatic carbocycles. The summed E-state index contributed by atoms with van der Waals surface area (Å²) in [6.45, 7) is 11.7. The molecule has 0 radical (unpaired) electrons. The minimum Gasteiger partial charge on any atom is -0.378 e. The molecule has 0 amide bonds. The smallest absolute Gasteiger partial charge is 0.193 e. The predicted molar refractivity (Wildman–Crippen MR) is 129 cm³/mol. The molecular weight excluding hydrogens is 465 g/mol. The van der Waals surface area contributed by atoms with E-state index in [9.17, 15) is 0 Å². The maximum Gasteiger partial charge on any atom is 0.193 e. The number of halogens is 1. The number of guanidine groups is 1. The highest BCUT2D eigenvalue weighted by Crippen LogP contribution is 2.19. The van der Waals surface area contributed by atoms with Crippen molar-refractivity contribution in [2.24, 2.45) is 4.99 Å². The maximum atomic E-state index is 5.47. The van der Waals surface area contributed by atoms with Crippen LogP contribution in [0.4, 0.5) is 5.82 Å². The summed E-state index contributed by atoms with van der Waals surface area (Å²) in [6, 6.07) is 4.12. The standard InChI is InChI=1S/C21H35N5O.HI/c1-4-6-7-8-9-13-25(3)21(22-5-2)24-18-19-11-10-12-23-20(19)26-14-16-27-17-15-26;/h4,10-12H,1,5-9,13-18H2,2-3H3,(H,22,24);1H. The zero-order chi connectivity index (χ0) is 19.3. The van der Waals surface area contributed by atoms with E-state index in [1.54, 1.807) is 0 Å². The van der Waals surface area contributed by atoms with E-state index < -0.39 is 0 Å². The molecule has 2 rings (SSSR count). The van der Waals surface area contributed by atoms with Gasteiger partial charge in [0.15, 0.2) is 5.96 Å². The second-order valence-corrected chi connectivity index (χ2v) is 6.82. The number of allylic oxidation sites excluding steroid dienone is 1. The highest BCUT2D eigenvalue weighted by molar-refractivity contribution is 14.0. The van der Waals surface area contributed by atoms with Gasteiger partial charge in [-0.1, -0.05) is 18.6 Å². The summed E-state index contributed by atoms with van der Waals surface area (Å²) in [4.78, 5) is 14.0. The molecule has 28 heavy (non-hydrogen) atoms. The van der Waals surface area contributed by atoms with Gasteiger partial charge in [0, 0.05) is 45.0 Å². The number of anilines is 1. The van der Waals surface area contributed by atoms with Gasteiger partial charge in [-0.2, -0.15) is 0 Å². The van der Waals surface area contributed by atoms with Crippen LogP contribution in [0.1, 0.15) is 38.2 Å². The zero-order valence-corrected chi connectivity index (χ0v) is 19.7. The first-order chi connectivity index (χ1) is 13.3. The first-order valence-electron chi connectivity index (χ1n) is 10.1. The molecule has 1 aromatic rings. The number of nitrogens with one attached hydrogen (secondary N) is 1. The molecule has 0 aromatic carbocycles. The van der Waals surface area contributed by atoms with Crippen LogP contribution in [0.2, 0.25) is 0 Å². The fourth-order valence-corrected chi connectivity index (χ4v) is 3.16. The van der Waals surface area contributed by atoms with Crippen molar-refractivity contribution in [3.63, 3.8) is 0 Å². The number of morpholine rings is 1. The Hall–Kier alpha value is -1.35. The third kappa shape index (κ3) is 8.34. The van der Waals surface area contributed by atoms with Gasteiger partial charge in [0.25, 0.3) is 0 Å². The van der Waals surface area contributed by atoms with Crippen molar-refractivity contribution >= 4 is 35.8 Å². The zero-order valence-electron chi connectivity index (χ0n) is 17.4. The van der Waals surface area contributed by atoms with Crippen molar-refractivity contribution in [3.8, 4) is 0 Å². The van der Waals surface area contributed by atoms with Crippen LogP contribution in [-0.4, -0.2) is 62.3 Å². The Morgan fingerprint density at radius 2 is 2.14 bits per heavy atom. The van der Waals surface area contributed by atoms with Gasteiger partial charge in [-0.05, 0) is 32.3 Å². The van der Waals surface area contributed by atoms with Gasteiger partial charge in [-0.25, -0.2) is 9.98 Å². The Labute approximate surface area is 187 Å². The minimum atomic E-state index is 0. The SMILES string of the molecule is C=CCCCCCN(C)C(=NCc1cccnc1N1CCOCC1)NCC.I. The Kier molecular flexibility index (Phi) is 12.9. The number of aromatic nitrogens is 1. The van der Waals surface area contributed by atoms with E-state index in [1.807, 2.05) is 18.3 Å². The third-order valence-corrected chi connectivity index (χ3v) is 4.68. The molecule has 1 aromatic heterocycles. The summed E-state index contributed by atoms with van der Waals surface area (Å²) in [7, 11) is 2.11. The summed E-state index contributed by atoms with van der Waals surface area (Å²) in [5.74, 6) is 1.99. The molecule has 7 heteroatoms. The number of pyridine rings is 1. The quantitative estimate of drug-likeness (QED) is 0.174. The number of rotatable bonds is 10. The lowest BCUT2D eigenvalue weighted by Gasteiger charge is -2.29. The number of hydrogen-bond donors (Lipinski definition) is 1. The van der Waals surface area contributed by atoms with Crippen molar-refractivity contribution < 1.29 is 4.74 Å². The van der Waals surface area contributed by atoms with Crippen molar-refractivity contribution in [2.75, 3.05) is 51.3 Å². The van der Waals surface area contributed by atoms with Gasteiger partial charge in [0.2, 0.25) is 0 Å². The summed E-state index contributed by atoms with van der Waals surface area (Å²) in [5.41, 5.74) is 1.16. The van der Waals surface area contributed by atoms with E-state index in [2.05, 4.69) is 46.7 Å². The second-order valence-electron chi connectivity index (χ2n) is 6.82. The molecule has 1 aliphatic rings. The second kappa shape index (κ2) is 14.6. The molecule has 0 unspecified atom stereocenters. The summed E-state index contributed by atoms with van der Waals surface area (Å²) in [6.07, 6.45) is 8.56. The van der Waals surface area contributed by atoms with Crippen LogP contribution >= 0.6 is 24.0 Å². The Bertz CT molecular complexity index is 590. The molecule has 0 bridgehead atoms. The van der Waals surface area contributed by atoms with Crippen LogP contribution in [0, 0.1) is 0 Å². The monoisotopic (exact) mass is 501 g/mol. The lowest BCUT2D eigenvalue weighted by molar-refractivity contribution is 0.122. The maximum absolute atomic E-state index is 5.47. The molecule has 6 nitrogen and oxygen atoms in total. The van der Waals surface area contributed by atoms with Crippen LogP contribution in [0.15, 0.2) is 36.0 Å². The van der Waals surface area contributed by atoms with E-state index >= 15 is 0 Å². The molecule has 158 valence electrons. The molecule has 0 spiro atoms. The van der Waals surface area contributed by atoms with E-state index in [-0.39, 0.29) is 24.0 Å². The highest BCUT2D eigenvalue weighted by Gasteiger charge is 2.16. The molecule has 2 heterocycles. The van der Waals surface area contributed by atoms with Crippen molar-refractivity contribution in [3.05, 3.63) is 36.5 Å². The largest absolute Gasteiger partial charge is 0.378 e. The van der Waals surface area contributed by atoms with E-state index in [1.165, 1.54) is 19.3 Å². The van der Waals surface area contributed by atoms with Gasteiger partial charge in [-0.15, -0.1) is 30.6 Å². The number of unbranched alkanes of at least 4 members (excludes halogenated alkanes) is 3. The van der Waals surface area contributed by atoms with Crippen molar-refractivity contribution in [1.29, 1.82) is 0 Å². The molecule has 0 atom stereocenters. The van der Waals surface area contributed by atoms with Crippen LogP contribution in [0.25, 0.3) is 0 Å². The van der Waals surface area contributed by atoms with E-state index in [0.717, 1.165) is 63.2 Å². The molecule has 1 saturated heterocycles. The predicted octanol–water partition coefficient (Wildman–Crippen LogP) is 3.68. The topological polar surface area (TPSA) is 53.0 Å². The normalized spacial score (nSPS) is 14.4. The lowest BCUT2D eigenvalue weighted by atomic mass is 10.2. The Morgan fingerprint density at radius 3 is 2.86 bits per heavy atom. The molecule has 1 N–H and O–H groups in total. The van der Waals surface area contributed by atoms with Crippen molar-refractivity contribution in [1.82, 2.24) is 15.2 Å². The number of aliphatic imine (C=N–C) groups is 1. The first kappa shape index (κ1) is 24.7. The molecular formula is C21H36IN5O. The Balaban J connectivity index is 0.00000392. The average Bonchev–Trinajstić information content (AvgIpc) is 2.71. The molecule has 1 aliphatic heterocycles. The summed E-state index contributed by atoms with van der Waals surface area (Å²) < 4.78 is 5.47. The fourth-order valence-electron chi connectivity index (χ4n) is 3.16. The minimum absolute atomic E-state index is 0. The van der Waals surface area contributed by atoms with E-state index in [0.29, 0.717) is 6.54 Å². The fraction of sp³-hybridized carbons (Fsp3) is 0.619. The van der Waals surface area contributed by atoms with Gasteiger partial charge >= 0.3 is 0 Å². The summed E-state index contributed by atoms with van der Waals surface area (Å²) >= 11 is 0. The van der Waals surface area contributed by atoms with Crippen LogP contribution < -0.4 is 10.2 Å². The highest BCUT2D eigenvalue weighted by atomic mass is 127. The van der Waals surface area contributed by atoms with Gasteiger partial charge < -0.3 is 19.9 Å². The van der Waals surface area contributed by atoms with Crippen LogP contribution in [0.5, 0.6) is 0 Å². The number of hydrogen-bond acceptors (Lipinski definition) is 4. The van der Waals surface area contributed by atoms with Gasteiger partial charge in [0.1, 0.15) is 5.82 Å². The lowest BCUT2D eigenvalue weighted by Crippen LogP contribution is -2.39. The first-order valence-corrected chi connectivity index (χ1v) is 10.1. The molecule has 1 fully saturated rings. The molecule has 0 saturated carbocycles. The van der Waals surface area contributed by atoms with Crippen LogP contribution in [-0.2, 0) is 11.3 Å². The third-order valence-electron chi connectivity index (χ3n) is 4.68. The number of ether oxygens (including phenoxy) is 1. The van der Waals surface area contributed by atoms with E-state index in [4.69, 9.17) is 9.73 Å². The Morgan fingerprint density at radius 1 is 1.36 bits per heavy atom.